The number of likely N-dealkylation sites (N-methyl/N-ethyl adjacent to an activating group) is 1. The van der Waals surface area contributed by atoms with Crippen LogP contribution < -0.4 is 5.32 Å². The van der Waals surface area contributed by atoms with Crippen molar-refractivity contribution in [3.63, 3.8) is 0 Å². The first-order valence-electron chi connectivity index (χ1n) is 9.43. The van der Waals surface area contributed by atoms with Gasteiger partial charge in [-0.2, -0.15) is 5.10 Å². The molecule has 0 saturated carbocycles. The van der Waals surface area contributed by atoms with Gasteiger partial charge in [-0.05, 0) is 63.8 Å². The molecule has 0 radical (unpaired) electrons. The average molecular weight is 356 g/mol. The normalized spacial score (nSPS) is 19.2. The van der Waals surface area contributed by atoms with Crippen molar-refractivity contribution in [1.82, 2.24) is 20.0 Å². The van der Waals surface area contributed by atoms with Crippen LogP contribution in [0.25, 0.3) is 5.69 Å². The van der Waals surface area contributed by atoms with Crippen molar-refractivity contribution in [2.75, 3.05) is 20.1 Å². The lowest BCUT2D eigenvalue weighted by molar-refractivity contribution is 0.0729. The average Bonchev–Trinajstić information content (AvgIpc) is 3.31. The van der Waals surface area contributed by atoms with Crippen molar-refractivity contribution in [2.45, 2.75) is 45.1 Å². The number of nitrogens with zero attached hydrogens (tertiary/aromatic N) is 3. The number of aromatic nitrogens is 2. The van der Waals surface area contributed by atoms with Gasteiger partial charge in [0.25, 0.3) is 5.91 Å². The molecule has 1 atom stereocenters. The van der Waals surface area contributed by atoms with E-state index in [-0.39, 0.29) is 17.8 Å². The maximum atomic E-state index is 14.5. The molecule has 2 heterocycles. The first-order chi connectivity index (χ1) is 12.6. The predicted molar refractivity (Wildman–Crippen MR) is 98.3 cm³/mol. The van der Waals surface area contributed by atoms with Crippen LogP contribution in [0.4, 0.5) is 4.39 Å². The molecule has 0 spiro atoms. The van der Waals surface area contributed by atoms with Crippen LogP contribution >= 0.6 is 0 Å². The summed E-state index contributed by atoms with van der Waals surface area (Å²) in [6.45, 7) is 3.43. The number of halogens is 1. The first-order valence-corrected chi connectivity index (χ1v) is 9.43. The SMILES string of the molecule is CNCC1CCCN1C(=O)c1nn(-c2ccc(C)cc2F)c2c1CCC2. The van der Waals surface area contributed by atoms with Crippen LogP contribution in [0.3, 0.4) is 0 Å². The second-order valence-electron chi connectivity index (χ2n) is 7.35. The highest BCUT2D eigenvalue weighted by Gasteiger charge is 2.34. The number of aryl methyl sites for hydroxylation is 1. The summed E-state index contributed by atoms with van der Waals surface area (Å²) in [5, 5.41) is 7.77. The molecule has 138 valence electrons. The van der Waals surface area contributed by atoms with Gasteiger partial charge in [-0.1, -0.05) is 6.07 Å². The third-order valence-corrected chi connectivity index (χ3v) is 5.54. The number of amides is 1. The van der Waals surface area contributed by atoms with Crippen molar-refractivity contribution >= 4 is 5.91 Å². The number of benzene rings is 1. The molecule has 1 unspecified atom stereocenters. The topological polar surface area (TPSA) is 50.2 Å². The molecule has 1 amide bonds. The molecule has 26 heavy (non-hydrogen) atoms. The number of fused-ring (bicyclic) bond motifs is 1. The Kier molecular flexibility index (Phi) is 4.53. The highest BCUT2D eigenvalue weighted by molar-refractivity contribution is 5.94. The molecule has 4 rings (SSSR count). The molecule has 1 aromatic carbocycles. The Bertz CT molecular complexity index is 845. The van der Waals surface area contributed by atoms with Gasteiger partial charge in [-0.15, -0.1) is 0 Å². The van der Waals surface area contributed by atoms with Crippen molar-refractivity contribution in [3.05, 3.63) is 46.5 Å². The molecule has 1 aliphatic heterocycles. The van der Waals surface area contributed by atoms with Crippen LogP contribution in [0.1, 0.15) is 46.6 Å². The molecule has 1 aliphatic carbocycles. The predicted octanol–water partition coefficient (Wildman–Crippen LogP) is 2.63. The van der Waals surface area contributed by atoms with Gasteiger partial charge in [0.05, 0.1) is 0 Å². The molecule has 2 aromatic rings. The van der Waals surface area contributed by atoms with Crippen molar-refractivity contribution in [3.8, 4) is 5.69 Å². The quantitative estimate of drug-likeness (QED) is 0.916. The number of rotatable bonds is 4. The summed E-state index contributed by atoms with van der Waals surface area (Å²) in [4.78, 5) is 15.1. The lowest BCUT2D eigenvalue weighted by atomic mass is 10.1. The van der Waals surface area contributed by atoms with E-state index in [9.17, 15) is 9.18 Å². The standard InChI is InChI=1S/C20H25FN4O/c1-13-8-9-18(16(21)11-13)25-17-7-3-6-15(17)19(23-25)20(26)24-10-4-5-14(24)12-22-2/h8-9,11,14,22H,3-7,10,12H2,1-2H3. The van der Waals surface area contributed by atoms with Crippen LogP contribution in [0.15, 0.2) is 18.2 Å². The maximum Gasteiger partial charge on any atom is 0.274 e. The zero-order valence-electron chi connectivity index (χ0n) is 15.4. The molecule has 1 aromatic heterocycles. The minimum Gasteiger partial charge on any atom is -0.333 e. The van der Waals surface area contributed by atoms with E-state index in [0.29, 0.717) is 11.4 Å². The summed E-state index contributed by atoms with van der Waals surface area (Å²) in [7, 11) is 1.91. The van der Waals surface area contributed by atoms with Gasteiger partial charge in [-0.3, -0.25) is 4.79 Å². The highest BCUT2D eigenvalue weighted by Crippen LogP contribution is 2.31. The molecular weight excluding hydrogens is 331 g/mol. The van der Waals surface area contributed by atoms with Gasteiger partial charge >= 0.3 is 0 Å². The Morgan fingerprint density at radius 1 is 1.35 bits per heavy atom. The third kappa shape index (κ3) is 2.82. The molecule has 1 fully saturated rings. The molecule has 1 saturated heterocycles. The van der Waals surface area contributed by atoms with E-state index in [0.717, 1.165) is 62.0 Å². The Hall–Kier alpha value is -2.21. The fraction of sp³-hybridized carbons (Fsp3) is 0.500. The van der Waals surface area contributed by atoms with Crippen LogP contribution in [-0.4, -0.2) is 46.8 Å². The molecule has 1 N–H and O–H groups in total. The zero-order chi connectivity index (χ0) is 18.3. The maximum absolute atomic E-state index is 14.5. The number of carbonyl (C=O) groups is 1. The van der Waals surface area contributed by atoms with Crippen LogP contribution in [0.5, 0.6) is 0 Å². The summed E-state index contributed by atoms with van der Waals surface area (Å²) in [5.41, 5.74) is 3.81. The van der Waals surface area contributed by atoms with Gasteiger partial charge in [-0.25, -0.2) is 9.07 Å². The Morgan fingerprint density at radius 3 is 2.96 bits per heavy atom. The largest absolute Gasteiger partial charge is 0.333 e. The van der Waals surface area contributed by atoms with Crippen molar-refractivity contribution in [2.24, 2.45) is 0 Å². The highest BCUT2D eigenvalue weighted by atomic mass is 19.1. The number of hydrogen-bond donors (Lipinski definition) is 1. The van der Waals surface area contributed by atoms with E-state index in [2.05, 4.69) is 10.4 Å². The Labute approximate surface area is 153 Å². The van der Waals surface area contributed by atoms with Crippen LogP contribution in [0.2, 0.25) is 0 Å². The monoisotopic (exact) mass is 356 g/mol. The minimum atomic E-state index is -0.296. The van der Waals surface area contributed by atoms with E-state index in [1.54, 1.807) is 10.7 Å². The molecular formula is C20H25FN4O. The van der Waals surface area contributed by atoms with Gasteiger partial charge in [0.15, 0.2) is 5.69 Å². The lowest BCUT2D eigenvalue weighted by Crippen LogP contribution is -2.41. The van der Waals surface area contributed by atoms with E-state index in [4.69, 9.17) is 0 Å². The zero-order valence-corrected chi connectivity index (χ0v) is 15.4. The Morgan fingerprint density at radius 2 is 2.19 bits per heavy atom. The summed E-state index contributed by atoms with van der Waals surface area (Å²) < 4.78 is 16.2. The minimum absolute atomic E-state index is 0.00725. The number of likely N-dealkylation sites (tertiary alicyclic amines) is 1. The van der Waals surface area contributed by atoms with Crippen molar-refractivity contribution in [1.29, 1.82) is 0 Å². The number of carbonyl (C=O) groups excluding carboxylic acids is 1. The van der Waals surface area contributed by atoms with E-state index in [1.807, 2.05) is 24.9 Å². The fourth-order valence-electron chi connectivity index (χ4n) is 4.28. The van der Waals surface area contributed by atoms with Crippen LogP contribution in [0, 0.1) is 12.7 Å². The molecule has 0 bridgehead atoms. The summed E-state index contributed by atoms with van der Waals surface area (Å²) in [6, 6.07) is 5.37. The first kappa shape index (κ1) is 17.2. The molecule has 5 nitrogen and oxygen atoms in total. The summed E-state index contributed by atoms with van der Waals surface area (Å²) in [5.74, 6) is -0.303. The van der Waals surface area contributed by atoms with Gasteiger partial charge in [0.1, 0.15) is 11.5 Å². The van der Waals surface area contributed by atoms with E-state index < -0.39 is 0 Å². The second kappa shape index (κ2) is 6.83. The third-order valence-electron chi connectivity index (χ3n) is 5.54. The number of nitrogens with one attached hydrogen (secondary N) is 1. The smallest absolute Gasteiger partial charge is 0.274 e. The summed E-state index contributed by atoms with van der Waals surface area (Å²) in [6.07, 6.45) is 4.70. The Balaban J connectivity index is 1.73. The van der Waals surface area contributed by atoms with Crippen molar-refractivity contribution < 1.29 is 9.18 Å². The fourth-order valence-corrected chi connectivity index (χ4v) is 4.28. The van der Waals surface area contributed by atoms with E-state index >= 15 is 0 Å². The van der Waals surface area contributed by atoms with Gasteiger partial charge in [0, 0.05) is 30.4 Å². The second-order valence-corrected chi connectivity index (χ2v) is 7.35. The summed E-state index contributed by atoms with van der Waals surface area (Å²) >= 11 is 0. The van der Waals surface area contributed by atoms with E-state index in [1.165, 1.54) is 6.07 Å². The van der Waals surface area contributed by atoms with Gasteiger partial charge in [0.2, 0.25) is 0 Å². The van der Waals surface area contributed by atoms with Gasteiger partial charge < -0.3 is 10.2 Å². The van der Waals surface area contributed by atoms with Crippen LogP contribution in [-0.2, 0) is 12.8 Å². The molecule has 6 heteroatoms. The molecule has 2 aliphatic rings. The number of hydrogen-bond acceptors (Lipinski definition) is 3. The lowest BCUT2D eigenvalue weighted by Gasteiger charge is -2.24.